The average Bonchev–Trinajstić information content (AvgIpc) is 3.24. The van der Waals surface area contributed by atoms with Gasteiger partial charge in [0.25, 0.3) is 0 Å². The lowest BCUT2D eigenvalue weighted by atomic mass is 10.0. The number of rotatable bonds is 6. The van der Waals surface area contributed by atoms with Crippen LogP contribution in [0, 0.1) is 0 Å². The van der Waals surface area contributed by atoms with E-state index in [9.17, 15) is 4.79 Å². The van der Waals surface area contributed by atoms with Crippen molar-refractivity contribution in [3.8, 4) is 0 Å². The molecule has 3 heterocycles. The Labute approximate surface area is 184 Å². The van der Waals surface area contributed by atoms with Crippen LogP contribution < -0.4 is 4.90 Å². The van der Waals surface area contributed by atoms with Crippen LogP contribution in [0.25, 0.3) is 11.0 Å². The van der Waals surface area contributed by atoms with Crippen molar-refractivity contribution in [2.75, 3.05) is 37.6 Å². The van der Waals surface area contributed by atoms with Crippen molar-refractivity contribution in [3.63, 3.8) is 0 Å². The quantitative estimate of drug-likeness (QED) is 0.556. The van der Waals surface area contributed by atoms with Crippen molar-refractivity contribution in [2.24, 2.45) is 0 Å². The number of piperidine rings is 1. The van der Waals surface area contributed by atoms with E-state index in [2.05, 4.69) is 21.9 Å². The predicted molar refractivity (Wildman–Crippen MR) is 125 cm³/mol. The van der Waals surface area contributed by atoms with Crippen molar-refractivity contribution in [1.82, 2.24) is 9.80 Å². The molecule has 5 heteroatoms. The summed E-state index contributed by atoms with van der Waals surface area (Å²) in [5, 5.41) is 1.24. The molecule has 0 saturated carbocycles. The number of hydrogen-bond donors (Lipinski definition) is 0. The average molecular weight is 418 g/mol. The van der Waals surface area contributed by atoms with Gasteiger partial charge in [-0.1, -0.05) is 36.4 Å². The second kappa shape index (κ2) is 9.15. The Morgan fingerprint density at radius 3 is 2.52 bits per heavy atom. The first kappa shape index (κ1) is 20.1. The van der Waals surface area contributed by atoms with Crippen LogP contribution in [-0.4, -0.2) is 54.6 Å². The smallest absolute Gasteiger partial charge is 0.324 e. The van der Waals surface area contributed by atoms with Gasteiger partial charge >= 0.3 is 6.03 Å². The summed E-state index contributed by atoms with van der Waals surface area (Å²) in [5.41, 5.74) is 3.31. The lowest BCUT2D eigenvalue weighted by Crippen LogP contribution is -2.56. The van der Waals surface area contributed by atoms with E-state index in [-0.39, 0.29) is 6.03 Å². The van der Waals surface area contributed by atoms with Gasteiger partial charge in [-0.3, -0.25) is 4.90 Å². The molecule has 0 N–H and O–H groups in total. The van der Waals surface area contributed by atoms with E-state index in [0.29, 0.717) is 6.04 Å². The molecule has 162 valence electrons. The number of nitrogens with zero attached hydrogens (tertiary/aromatic N) is 3. The molecule has 1 aromatic heterocycles. The second-order valence-corrected chi connectivity index (χ2v) is 8.75. The minimum Gasteiger partial charge on any atom is -0.464 e. The van der Waals surface area contributed by atoms with Crippen molar-refractivity contribution in [1.29, 1.82) is 0 Å². The maximum Gasteiger partial charge on any atom is 0.324 e. The minimum atomic E-state index is 0.183. The van der Waals surface area contributed by atoms with E-state index in [1.165, 1.54) is 10.9 Å². The fraction of sp³-hybridized carbons (Fsp3) is 0.423. The van der Waals surface area contributed by atoms with Crippen LogP contribution in [0.2, 0.25) is 0 Å². The summed E-state index contributed by atoms with van der Waals surface area (Å²) in [6, 6.07) is 18.9. The number of hydrogen-bond acceptors (Lipinski definition) is 3. The fourth-order valence-electron chi connectivity index (χ4n) is 5.11. The molecule has 3 aromatic rings. The summed E-state index contributed by atoms with van der Waals surface area (Å²) in [5.74, 6) is 0. The fourth-order valence-corrected chi connectivity index (χ4v) is 5.11. The monoisotopic (exact) mass is 417 g/mol. The summed E-state index contributed by atoms with van der Waals surface area (Å²) in [6.07, 6.45) is 7.29. The Morgan fingerprint density at radius 1 is 0.903 bits per heavy atom. The molecule has 0 radical (unpaired) electrons. The third-order valence-electron chi connectivity index (χ3n) is 6.80. The van der Waals surface area contributed by atoms with Crippen molar-refractivity contribution >= 4 is 22.7 Å². The van der Waals surface area contributed by atoms with Gasteiger partial charge in [0.15, 0.2) is 0 Å². The highest BCUT2D eigenvalue weighted by Gasteiger charge is 2.33. The molecule has 2 aliphatic heterocycles. The highest BCUT2D eigenvalue weighted by Crippen LogP contribution is 2.26. The number of carbonyl (C=O) groups is 1. The molecule has 0 aliphatic carbocycles. The van der Waals surface area contributed by atoms with E-state index in [4.69, 9.17) is 4.42 Å². The van der Waals surface area contributed by atoms with E-state index in [1.54, 1.807) is 0 Å². The number of para-hydroxylation sites is 2. The van der Waals surface area contributed by atoms with E-state index in [1.807, 2.05) is 53.6 Å². The number of benzene rings is 2. The normalized spacial score (nSPS) is 18.8. The van der Waals surface area contributed by atoms with Gasteiger partial charge in [-0.2, -0.15) is 0 Å². The van der Waals surface area contributed by atoms with Gasteiger partial charge in [0.1, 0.15) is 5.58 Å². The summed E-state index contributed by atoms with van der Waals surface area (Å²) < 4.78 is 5.67. The molecule has 0 atom stereocenters. The molecular formula is C26H31N3O2. The third kappa shape index (κ3) is 4.33. The highest BCUT2D eigenvalue weighted by atomic mass is 16.3. The molecule has 2 saturated heterocycles. The molecule has 0 unspecified atom stereocenters. The van der Waals surface area contributed by atoms with Crippen LogP contribution in [0.3, 0.4) is 0 Å². The molecule has 5 rings (SSSR count). The van der Waals surface area contributed by atoms with Crippen LogP contribution in [0.1, 0.15) is 31.2 Å². The molecule has 2 aliphatic rings. The van der Waals surface area contributed by atoms with Gasteiger partial charge in [0.05, 0.1) is 6.26 Å². The number of anilines is 1. The van der Waals surface area contributed by atoms with Crippen LogP contribution >= 0.6 is 0 Å². The van der Waals surface area contributed by atoms with E-state index in [0.717, 1.165) is 76.1 Å². The Hall–Kier alpha value is -2.79. The number of fused-ring (bicyclic) bond motifs is 1. The summed E-state index contributed by atoms with van der Waals surface area (Å²) in [4.78, 5) is 19.8. The Bertz CT molecular complexity index is 1010. The van der Waals surface area contributed by atoms with Crippen molar-refractivity contribution in [3.05, 3.63) is 66.4 Å². The topological polar surface area (TPSA) is 39.9 Å². The third-order valence-corrected chi connectivity index (χ3v) is 6.80. The highest BCUT2D eigenvalue weighted by molar-refractivity contribution is 5.92. The standard InChI is InChI=1S/C26H31N3O2/c30-26-28(22-9-2-1-3-10-22)16-7-17-29(26)23-13-18-27(19-14-23)15-6-8-21-20-31-25-12-5-4-11-24(21)25/h1-5,9-12,20,23H,6-8,13-19H2. The van der Waals surface area contributed by atoms with E-state index >= 15 is 0 Å². The number of urea groups is 1. The number of amides is 2. The van der Waals surface area contributed by atoms with Crippen LogP contribution in [0.15, 0.2) is 65.3 Å². The largest absolute Gasteiger partial charge is 0.464 e. The van der Waals surface area contributed by atoms with Gasteiger partial charge in [-0.25, -0.2) is 4.79 Å². The lowest BCUT2D eigenvalue weighted by Gasteiger charge is -2.43. The van der Waals surface area contributed by atoms with E-state index < -0.39 is 0 Å². The number of furan rings is 1. The maximum atomic E-state index is 13.1. The van der Waals surface area contributed by atoms with Gasteiger partial charge in [0.2, 0.25) is 0 Å². The van der Waals surface area contributed by atoms with Gasteiger partial charge < -0.3 is 14.2 Å². The first-order valence-corrected chi connectivity index (χ1v) is 11.6. The Morgan fingerprint density at radius 2 is 1.68 bits per heavy atom. The van der Waals surface area contributed by atoms with Crippen molar-refractivity contribution < 1.29 is 9.21 Å². The molecular weight excluding hydrogens is 386 g/mol. The predicted octanol–water partition coefficient (Wildman–Crippen LogP) is 5.16. The minimum absolute atomic E-state index is 0.183. The zero-order valence-electron chi connectivity index (χ0n) is 18.1. The molecule has 2 fully saturated rings. The molecule has 5 nitrogen and oxygen atoms in total. The molecule has 0 spiro atoms. The van der Waals surface area contributed by atoms with Gasteiger partial charge in [-0.15, -0.1) is 0 Å². The first-order valence-electron chi connectivity index (χ1n) is 11.6. The van der Waals surface area contributed by atoms with Crippen LogP contribution in [0.5, 0.6) is 0 Å². The lowest BCUT2D eigenvalue weighted by molar-refractivity contribution is 0.116. The molecule has 31 heavy (non-hydrogen) atoms. The summed E-state index contributed by atoms with van der Waals surface area (Å²) in [6.45, 7) is 4.97. The van der Waals surface area contributed by atoms with Crippen molar-refractivity contribution in [2.45, 2.75) is 38.1 Å². The summed E-state index contributed by atoms with van der Waals surface area (Å²) in [7, 11) is 0. The number of aryl methyl sites for hydroxylation is 1. The Balaban J connectivity index is 1.11. The zero-order valence-corrected chi connectivity index (χ0v) is 18.1. The van der Waals surface area contributed by atoms with Crippen LogP contribution in [-0.2, 0) is 6.42 Å². The maximum absolute atomic E-state index is 13.1. The SMILES string of the molecule is O=C1N(c2ccccc2)CCCN1C1CCN(CCCc2coc3ccccc23)CC1. The number of likely N-dealkylation sites (tertiary alicyclic amines) is 1. The summed E-state index contributed by atoms with van der Waals surface area (Å²) >= 11 is 0. The first-order chi connectivity index (χ1) is 15.3. The van der Waals surface area contributed by atoms with Gasteiger partial charge in [0, 0.05) is 43.3 Å². The number of carbonyl (C=O) groups excluding carboxylic acids is 1. The molecule has 2 aromatic carbocycles. The van der Waals surface area contributed by atoms with Gasteiger partial charge in [-0.05, 0) is 62.4 Å². The molecule has 2 amide bonds. The van der Waals surface area contributed by atoms with Crippen LogP contribution in [0.4, 0.5) is 10.5 Å². The Kier molecular flexibility index (Phi) is 5.94. The molecule has 0 bridgehead atoms. The second-order valence-electron chi connectivity index (χ2n) is 8.75. The zero-order chi connectivity index (χ0) is 21.0.